The Morgan fingerprint density at radius 3 is 2.50 bits per heavy atom. The van der Waals surface area contributed by atoms with E-state index in [1.54, 1.807) is 0 Å². The molecule has 0 saturated heterocycles. The lowest BCUT2D eigenvalue weighted by molar-refractivity contribution is 0.254. The van der Waals surface area contributed by atoms with E-state index in [2.05, 4.69) is 0 Å². The van der Waals surface area contributed by atoms with Crippen LogP contribution in [0.5, 0.6) is 0 Å². The predicted octanol–water partition coefficient (Wildman–Crippen LogP) is 2.51. The van der Waals surface area contributed by atoms with Crippen LogP contribution in [-0.2, 0) is 0 Å². The summed E-state index contributed by atoms with van der Waals surface area (Å²) in [5, 5.41) is 0.110. The second kappa shape index (κ2) is 2.67. The third-order valence-corrected chi connectivity index (χ3v) is 1.94. The first-order chi connectivity index (χ1) is 3.79. The third kappa shape index (κ3) is 1.62. The van der Waals surface area contributed by atoms with E-state index in [1.165, 1.54) is 0 Å². The first-order valence-corrected chi connectivity index (χ1v) is 3.51. The van der Waals surface area contributed by atoms with Gasteiger partial charge in [-0.15, -0.1) is 11.6 Å². The zero-order chi connectivity index (χ0) is 5.98. The molecule has 0 bridgehead atoms. The largest absolute Gasteiger partial charge is 0.247 e. The summed E-state index contributed by atoms with van der Waals surface area (Å²) in [7, 11) is 0. The van der Waals surface area contributed by atoms with Gasteiger partial charge in [0.15, 0.2) is 0 Å². The van der Waals surface area contributed by atoms with Crippen molar-refractivity contribution in [2.24, 2.45) is 0 Å². The van der Waals surface area contributed by atoms with E-state index in [0.29, 0.717) is 6.42 Å². The van der Waals surface area contributed by atoms with Crippen molar-refractivity contribution in [3.05, 3.63) is 0 Å². The van der Waals surface area contributed by atoms with Crippen LogP contribution in [0.1, 0.15) is 25.7 Å². The van der Waals surface area contributed by atoms with E-state index < -0.39 is 6.17 Å². The monoisotopic (exact) mass is 136 g/mol. The summed E-state index contributed by atoms with van der Waals surface area (Å²) < 4.78 is 12.3. The van der Waals surface area contributed by atoms with Gasteiger partial charge in [-0.25, -0.2) is 4.39 Å². The summed E-state index contributed by atoms with van der Waals surface area (Å²) in [6.07, 6.45) is 2.65. The second-order valence-electron chi connectivity index (χ2n) is 2.36. The third-order valence-electron chi connectivity index (χ3n) is 1.55. The molecule has 0 aromatic carbocycles. The number of alkyl halides is 2. The molecule has 0 nitrogen and oxygen atoms in total. The Morgan fingerprint density at radius 2 is 2.12 bits per heavy atom. The van der Waals surface area contributed by atoms with Gasteiger partial charge >= 0.3 is 0 Å². The summed E-state index contributed by atoms with van der Waals surface area (Å²) in [5.74, 6) is 0. The summed E-state index contributed by atoms with van der Waals surface area (Å²) in [6.45, 7) is 0. The molecular formula is C6H10ClF. The van der Waals surface area contributed by atoms with Gasteiger partial charge in [0.1, 0.15) is 6.17 Å². The van der Waals surface area contributed by atoms with Crippen LogP contribution in [0.15, 0.2) is 0 Å². The molecule has 1 saturated carbocycles. The van der Waals surface area contributed by atoms with Crippen LogP contribution in [0.2, 0.25) is 0 Å². The molecule has 1 aliphatic carbocycles. The highest BCUT2D eigenvalue weighted by Crippen LogP contribution is 2.24. The van der Waals surface area contributed by atoms with Crippen LogP contribution >= 0.6 is 11.6 Å². The van der Waals surface area contributed by atoms with Gasteiger partial charge in [0, 0.05) is 5.38 Å². The van der Waals surface area contributed by atoms with Crippen LogP contribution in [0.3, 0.4) is 0 Å². The predicted molar refractivity (Wildman–Crippen MR) is 33.0 cm³/mol. The highest BCUT2D eigenvalue weighted by Gasteiger charge is 2.18. The minimum absolute atomic E-state index is 0.110. The molecule has 0 N–H and O–H groups in total. The first kappa shape index (κ1) is 6.34. The van der Waals surface area contributed by atoms with Gasteiger partial charge in [0.2, 0.25) is 0 Å². The topological polar surface area (TPSA) is 0 Å². The van der Waals surface area contributed by atoms with Gasteiger partial charge in [-0.3, -0.25) is 0 Å². The number of rotatable bonds is 0. The molecule has 2 atom stereocenters. The number of halogens is 2. The van der Waals surface area contributed by atoms with E-state index in [-0.39, 0.29) is 5.38 Å². The van der Waals surface area contributed by atoms with Crippen LogP contribution in [0.4, 0.5) is 4.39 Å². The number of hydrogen-bond acceptors (Lipinski definition) is 0. The van der Waals surface area contributed by atoms with Crippen LogP contribution < -0.4 is 0 Å². The number of hydrogen-bond donors (Lipinski definition) is 0. The Labute approximate surface area is 54.0 Å². The van der Waals surface area contributed by atoms with Crippen LogP contribution in [-0.4, -0.2) is 11.5 Å². The lowest BCUT2D eigenvalue weighted by Gasteiger charge is -2.18. The van der Waals surface area contributed by atoms with Gasteiger partial charge in [-0.05, 0) is 25.7 Å². The quantitative estimate of drug-likeness (QED) is 0.449. The molecule has 0 radical (unpaired) electrons. The Hall–Kier alpha value is 0.220. The molecule has 48 valence electrons. The van der Waals surface area contributed by atoms with Gasteiger partial charge in [-0.1, -0.05) is 0 Å². The zero-order valence-electron chi connectivity index (χ0n) is 4.74. The highest BCUT2D eigenvalue weighted by atomic mass is 35.5. The maximum absolute atomic E-state index is 12.3. The molecule has 0 aromatic rings. The Bertz CT molecular complexity index is 66.9. The second-order valence-corrected chi connectivity index (χ2v) is 2.98. The summed E-state index contributed by atoms with van der Waals surface area (Å²) in [4.78, 5) is 0. The highest BCUT2D eigenvalue weighted by molar-refractivity contribution is 6.20. The molecule has 0 aliphatic heterocycles. The van der Waals surface area contributed by atoms with Crippen molar-refractivity contribution in [3.8, 4) is 0 Å². The Kier molecular flexibility index (Phi) is 2.12. The van der Waals surface area contributed by atoms with E-state index in [4.69, 9.17) is 11.6 Å². The van der Waals surface area contributed by atoms with Crippen molar-refractivity contribution in [3.63, 3.8) is 0 Å². The molecular weight excluding hydrogens is 127 g/mol. The molecule has 8 heavy (non-hydrogen) atoms. The molecule has 2 heteroatoms. The van der Waals surface area contributed by atoms with E-state index in [0.717, 1.165) is 19.3 Å². The molecule has 0 heterocycles. The molecule has 1 fully saturated rings. The normalized spacial score (nSPS) is 39.8. The summed E-state index contributed by atoms with van der Waals surface area (Å²) >= 11 is 5.67. The maximum Gasteiger partial charge on any atom is 0.102 e. The fourth-order valence-electron chi connectivity index (χ4n) is 1.07. The fraction of sp³-hybridized carbons (Fsp3) is 1.00. The molecule has 1 rings (SSSR count). The van der Waals surface area contributed by atoms with Crippen molar-refractivity contribution < 1.29 is 4.39 Å². The van der Waals surface area contributed by atoms with Gasteiger partial charge in [0.25, 0.3) is 0 Å². The van der Waals surface area contributed by atoms with Crippen molar-refractivity contribution in [2.75, 3.05) is 0 Å². The fourth-order valence-corrected chi connectivity index (χ4v) is 1.42. The van der Waals surface area contributed by atoms with Gasteiger partial charge in [-0.2, -0.15) is 0 Å². The smallest absolute Gasteiger partial charge is 0.102 e. The SMILES string of the molecule is F[C@@H]1CCC[C@@H](Cl)C1. The van der Waals surface area contributed by atoms with Crippen molar-refractivity contribution in [1.82, 2.24) is 0 Å². The molecule has 0 aromatic heterocycles. The minimum Gasteiger partial charge on any atom is -0.247 e. The average Bonchev–Trinajstić information content (AvgIpc) is 1.64. The first-order valence-electron chi connectivity index (χ1n) is 3.07. The average molecular weight is 137 g/mol. The minimum atomic E-state index is -0.619. The Balaban J connectivity index is 2.23. The molecule has 0 spiro atoms. The lowest BCUT2D eigenvalue weighted by atomic mass is 9.99. The molecule has 0 unspecified atom stereocenters. The van der Waals surface area contributed by atoms with Crippen molar-refractivity contribution in [1.29, 1.82) is 0 Å². The van der Waals surface area contributed by atoms with Crippen LogP contribution in [0.25, 0.3) is 0 Å². The summed E-state index contributed by atoms with van der Waals surface area (Å²) in [5.41, 5.74) is 0. The zero-order valence-corrected chi connectivity index (χ0v) is 5.49. The molecule has 0 amide bonds. The molecule has 1 aliphatic rings. The van der Waals surface area contributed by atoms with Crippen molar-refractivity contribution in [2.45, 2.75) is 37.2 Å². The maximum atomic E-state index is 12.3. The van der Waals surface area contributed by atoms with E-state index >= 15 is 0 Å². The van der Waals surface area contributed by atoms with Crippen LogP contribution in [0, 0.1) is 0 Å². The summed E-state index contributed by atoms with van der Waals surface area (Å²) in [6, 6.07) is 0. The van der Waals surface area contributed by atoms with E-state index in [1.807, 2.05) is 0 Å². The Morgan fingerprint density at radius 1 is 1.38 bits per heavy atom. The van der Waals surface area contributed by atoms with Gasteiger partial charge < -0.3 is 0 Å². The van der Waals surface area contributed by atoms with Gasteiger partial charge in [0.05, 0.1) is 0 Å². The lowest BCUT2D eigenvalue weighted by Crippen LogP contribution is -2.15. The van der Waals surface area contributed by atoms with Crippen molar-refractivity contribution >= 4 is 11.6 Å². The standard InChI is InChI=1S/C6H10ClF/c7-5-2-1-3-6(8)4-5/h5-6H,1-4H2/t5-,6-/m1/s1. The van der Waals surface area contributed by atoms with E-state index in [9.17, 15) is 4.39 Å².